The number of methoxy groups -OCH3 is 2. The molecule has 0 unspecified atom stereocenters. The Morgan fingerprint density at radius 2 is 1.88 bits per heavy atom. The van der Waals surface area contributed by atoms with E-state index in [9.17, 15) is 9.59 Å². The highest BCUT2D eigenvalue weighted by atomic mass is 32.1. The number of carbonyl (C=O) groups excluding carboxylic acids is 2. The predicted octanol–water partition coefficient (Wildman–Crippen LogP) is 5.00. The standard InChI is InChI=1S/C25H28N2O4S/c1-27(17-19-12-13-21(30-2)16-23(19)31-3)25(29)18-7-4-8-20(15-18)26-24(28)11-5-9-22-10-6-14-32-22/h4,6-8,10,12-16H,5,9,11,17H2,1-3H3,(H,26,28). The third-order valence-corrected chi connectivity index (χ3v) is 5.99. The Labute approximate surface area is 192 Å². The van der Waals surface area contributed by atoms with Gasteiger partial charge in [-0.2, -0.15) is 0 Å². The van der Waals surface area contributed by atoms with Gasteiger partial charge in [-0.05, 0) is 54.6 Å². The molecule has 7 heteroatoms. The van der Waals surface area contributed by atoms with Crippen molar-refractivity contribution in [2.24, 2.45) is 0 Å². The van der Waals surface area contributed by atoms with E-state index in [4.69, 9.17) is 9.47 Å². The molecule has 3 rings (SSSR count). The van der Waals surface area contributed by atoms with Gasteiger partial charge in [0, 0.05) is 47.8 Å². The van der Waals surface area contributed by atoms with Crippen molar-refractivity contribution in [1.29, 1.82) is 0 Å². The summed E-state index contributed by atoms with van der Waals surface area (Å²) in [6.07, 6.45) is 2.12. The van der Waals surface area contributed by atoms with Gasteiger partial charge in [0.1, 0.15) is 11.5 Å². The highest BCUT2D eigenvalue weighted by Crippen LogP contribution is 2.26. The summed E-state index contributed by atoms with van der Waals surface area (Å²) < 4.78 is 10.7. The zero-order valence-electron chi connectivity index (χ0n) is 18.6. The van der Waals surface area contributed by atoms with Gasteiger partial charge < -0.3 is 19.7 Å². The first-order chi connectivity index (χ1) is 15.5. The minimum absolute atomic E-state index is 0.0533. The van der Waals surface area contributed by atoms with E-state index >= 15 is 0 Å². The molecule has 6 nitrogen and oxygen atoms in total. The summed E-state index contributed by atoms with van der Waals surface area (Å²) in [5.41, 5.74) is 2.00. The molecule has 0 aliphatic carbocycles. The predicted molar refractivity (Wildman–Crippen MR) is 128 cm³/mol. The Morgan fingerprint density at radius 3 is 2.59 bits per heavy atom. The van der Waals surface area contributed by atoms with Gasteiger partial charge in [-0.25, -0.2) is 0 Å². The molecule has 2 amide bonds. The molecule has 3 aromatic rings. The van der Waals surface area contributed by atoms with Crippen molar-refractivity contribution in [3.05, 3.63) is 76.0 Å². The summed E-state index contributed by atoms with van der Waals surface area (Å²) in [6, 6.07) is 16.6. The lowest BCUT2D eigenvalue weighted by Crippen LogP contribution is -2.26. The average molecular weight is 453 g/mol. The highest BCUT2D eigenvalue weighted by molar-refractivity contribution is 7.09. The summed E-state index contributed by atoms with van der Waals surface area (Å²) >= 11 is 1.70. The zero-order valence-corrected chi connectivity index (χ0v) is 19.4. The number of amides is 2. The molecule has 32 heavy (non-hydrogen) atoms. The molecule has 1 heterocycles. The number of hydrogen-bond donors (Lipinski definition) is 1. The summed E-state index contributed by atoms with van der Waals surface area (Å²) in [7, 11) is 4.92. The van der Waals surface area contributed by atoms with Crippen molar-refractivity contribution in [2.45, 2.75) is 25.8 Å². The van der Waals surface area contributed by atoms with Crippen LogP contribution in [0.15, 0.2) is 60.0 Å². The van der Waals surface area contributed by atoms with Crippen molar-refractivity contribution in [2.75, 3.05) is 26.6 Å². The first kappa shape index (κ1) is 23.3. The van der Waals surface area contributed by atoms with Crippen LogP contribution in [0.3, 0.4) is 0 Å². The maximum absolute atomic E-state index is 13.0. The van der Waals surface area contributed by atoms with Crippen molar-refractivity contribution in [1.82, 2.24) is 4.90 Å². The van der Waals surface area contributed by atoms with E-state index in [0.717, 1.165) is 18.4 Å². The van der Waals surface area contributed by atoms with Crippen LogP contribution in [0.4, 0.5) is 5.69 Å². The Morgan fingerprint density at radius 1 is 1.03 bits per heavy atom. The fourth-order valence-corrected chi connectivity index (χ4v) is 4.11. The van der Waals surface area contributed by atoms with Crippen molar-refractivity contribution < 1.29 is 19.1 Å². The molecule has 0 aliphatic heterocycles. The van der Waals surface area contributed by atoms with E-state index < -0.39 is 0 Å². The molecule has 0 fully saturated rings. The van der Waals surface area contributed by atoms with E-state index in [-0.39, 0.29) is 11.8 Å². The number of aryl methyl sites for hydroxylation is 1. The van der Waals surface area contributed by atoms with Gasteiger partial charge in [0.2, 0.25) is 5.91 Å². The first-order valence-electron chi connectivity index (χ1n) is 10.4. The molecule has 0 radical (unpaired) electrons. The molecule has 168 valence electrons. The lowest BCUT2D eigenvalue weighted by molar-refractivity contribution is -0.116. The quantitative estimate of drug-likeness (QED) is 0.470. The van der Waals surface area contributed by atoms with Crippen LogP contribution >= 0.6 is 11.3 Å². The second kappa shape index (κ2) is 11.3. The van der Waals surface area contributed by atoms with Crippen LogP contribution in [-0.4, -0.2) is 38.0 Å². The number of carbonyl (C=O) groups is 2. The average Bonchev–Trinajstić information content (AvgIpc) is 3.32. The van der Waals surface area contributed by atoms with Gasteiger partial charge in [-0.3, -0.25) is 9.59 Å². The number of ether oxygens (including phenoxy) is 2. The Hall–Kier alpha value is -3.32. The van der Waals surface area contributed by atoms with E-state index in [2.05, 4.69) is 11.4 Å². The van der Waals surface area contributed by atoms with E-state index in [1.165, 1.54) is 4.88 Å². The van der Waals surface area contributed by atoms with Gasteiger partial charge in [-0.1, -0.05) is 12.1 Å². The number of thiophene rings is 1. The number of hydrogen-bond acceptors (Lipinski definition) is 5. The van der Waals surface area contributed by atoms with Gasteiger partial charge >= 0.3 is 0 Å². The Bertz CT molecular complexity index is 1050. The second-order valence-corrected chi connectivity index (χ2v) is 8.43. The monoisotopic (exact) mass is 452 g/mol. The van der Waals surface area contributed by atoms with Crippen LogP contribution in [0.2, 0.25) is 0 Å². The fraction of sp³-hybridized carbons (Fsp3) is 0.280. The Kier molecular flexibility index (Phi) is 8.27. The Balaban J connectivity index is 1.58. The maximum atomic E-state index is 13.0. The van der Waals surface area contributed by atoms with Crippen molar-refractivity contribution >= 4 is 28.8 Å². The van der Waals surface area contributed by atoms with E-state index in [0.29, 0.717) is 35.7 Å². The van der Waals surface area contributed by atoms with Gasteiger partial charge in [-0.15, -0.1) is 11.3 Å². The highest BCUT2D eigenvalue weighted by Gasteiger charge is 2.15. The molecule has 1 aromatic heterocycles. The van der Waals surface area contributed by atoms with Crippen molar-refractivity contribution in [3.63, 3.8) is 0 Å². The summed E-state index contributed by atoms with van der Waals surface area (Å²) in [5.74, 6) is 1.16. The van der Waals surface area contributed by atoms with Gasteiger partial charge in [0.25, 0.3) is 5.91 Å². The second-order valence-electron chi connectivity index (χ2n) is 7.40. The molecule has 0 spiro atoms. The smallest absolute Gasteiger partial charge is 0.253 e. The molecule has 0 bridgehead atoms. The largest absolute Gasteiger partial charge is 0.497 e. The number of benzene rings is 2. The van der Waals surface area contributed by atoms with Crippen molar-refractivity contribution in [3.8, 4) is 11.5 Å². The van der Waals surface area contributed by atoms with Crippen LogP contribution < -0.4 is 14.8 Å². The zero-order chi connectivity index (χ0) is 22.9. The topological polar surface area (TPSA) is 67.9 Å². The third-order valence-electron chi connectivity index (χ3n) is 5.05. The molecule has 2 aromatic carbocycles. The summed E-state index contributed by atoms with van der Waals surface area (Å²) in [4.78, 5) is 28.2. The lowest BCUT2D eigenvalue weighted by Gasteiger charge is -2.20. The van der Waals surface area contributed by atoms with Gasteiger partial charge in [0.15, 0.2) is 0 Å². The maximum Gasteiger partial charge on any atom is 0.253 e. The van der Waals surface area contributed by atoms with Crippen LogP contribution in [0.1, 0.15) is 33.6 Å². The molecule has 0 saturated carbocycles. The number of nitrogens with zero attached hydrogens (tertiary/aromatic N) is 1. The number of nitrogens with one attached hydrogen (secondary N) is 1. The van der Waals surface area contributed by atoms with E-state index in [1.807, 2.05) is 23.6 Å². The number of rotatable bonds is 10. The van der Waals surface area contributed by atoms with Crippen LogP contribution in [-0.2, 0) is 17.8 Å². The molecule has 1 N–H and O–H groups in total. The molecular weight excluding hydrogens is 424 g/mol. The van der Waals surface area contributed by atoms with Gasteiger partial charge in [0.05, 0.1) is 14.2 Å². The van der Waals surface area contributed by atoms with Crippen LogP contribution in [0.25, 0.3) is 0 Å². The van der Waals surface area contributed by atoms with Crippen LogP contribution in [0, 0.1) is 0 Å². The van der Waals surface area contributed by atoms with Crippen LogP contribution in [0.5, 0.6) is 11.5 Å². The molecule has 0 atom stereocenters. The molecular formula is C25H28N2O4S. The van der Waals surface area contributed by atoms with E-state index in [1.54, 1.807) is 67.8 Å². The summed E-state index contributed by atoms with van der Waals surface area (Å²) in [5, 5.41) is 4.94. The number of anilines is 1. The molecule has 0 saturated heterocycles. The molecule has 0 aliphatic rings. The third kappa shape index (κ3) is 6.34. The SMILES string of the molecule is COc1ccc(CN(C)C(=O)c2cccc(NC(=O)CCCc3cccs3)c2)c(OC)c1. The minimum atomic E-state index is -0.142. The normalized spacial score (nSPS) is 10.5. The first-order valence-corrected chi connectivity index (χ1v) is 11.3. The minimum Gasteiger partial charge on any atom is -0.497 e. The fourth-order valence-electron chi connectivity index (χ4n) is 3.36. The summed E-state index contributed by atoms with van der Waals surface area (Å²) in [6.45, 7) is 0.380. The lowest BCUT2D eigenvalue weighted by atomic mass is 10.1.